The van der Waals surface area contributed by atoms with Crippen molar-refractivity contribution in [2.24, 2.45) is 0 Å². The number of aromatic nitrogens is 3. The Morgan fingerprint density at radius 2 is 2.18 bits per heavy atom. The van der Waals surface area contributed by atoms with Crippen molar-refractivity contribution in [2.75, 3.05) is 25.5 Å². The first-order valence-electron chi connectivity index (χ1n) is 7.17. The minimum Gasteiger partial charge on any atom is -0.390 e. The normalized spacial score (nSPS) is 13.9. The molecule has 116 valence electrons. The molecular formula is C15H19N5O2. The zero-order valence-corrected chi connectivity index (χ0v) is 12.7. The molecule has 0 unspecified atom stereocenters. The van der Waals surface area contributed by atoms with Crippen LogP contribution in [0.3, 0.4) is 0 Å². The second-order valence-electron chi connectivity index (χ2n) is 5.53. The summed E-state index contributed by atoms with van der Waals surface area (Å²) in [6, 6.07) is 5.48. The molecule has 3 rings (SSSR count). The number of nitrogens with zero attached hydrogens (tertiary/aromatic N) is 5. The number of amides is 1. The molecule has 0 bridgehead atoms. The highest BCUT2D eigenvalue weighted by Crippen LogP contribution is 2.17. The first-order valence-corrected chi connectivity index (χ1v) is 7.17. The number of hydrogen-bond donors (Lipinski definition) is 1. The van der Waals surface area contributed by atoms with Crippen LogP contribution in [0.2, 0.25) is 0 Å². The molecule has 1 amide bonds. The fourth-order valence-corrected chi connectivity index (χ4v) is 2.54. The standard InChI is InChI=1S/C15H19N5O2/c1-18(2)14-4-3-11(8-16-14)15(22)19-5-6-20-13(9-19)7-12(10-21)17-20/h3-4,7-8,21H,5-6,9-10H2,1-2H3. The number of aliphatic hydroxyl groups excluding tert-OH is 1. The molecular weight excluding hydrogens is 282 g/mol. The van der Waals surface area contributed by atoms with Crippen molar-refractivity contribution in [3.63, 3.8) is 0 Å². The summed E-state index contributed by atoms with van der Waals surface area (Å²) in [6.45, 7) is 1.67. The van der Waals surface area contributed by atoms with Gasteiger partial charge in [-0.15, -0.1) is 0 Å². The lowest BCUT2D eigenvalue weighted by atomic mass is 10.2. The van der Waals surface area contributed by atoms with E-state index in [0.717, 1.165) is 11.5 Å². The molecule has 7 heteroatoms. The van der Waals surface area contributed by atoms with Gasteiger partial charge in [0.05, 0.1) is 36.6 Å². The van der Waals surface area contributed by atoms with Crippen molar-refractivity contribution in [2.45, 2.75) is 19.7 Å². The Morgan fingerprint density at radius 1 is 1.36 bits per heavy atom. The minimum absolute atomic E-state index is 0.0317. The third-order valence-corrected chi connectivity index (χ3v) is 3.75. The molecule has 0 spiro atoms. The Hall–Kier alpha value is -2.41. The summed E-state index contributed by atoms with van der Waals surface area (Å²) in [4.78, 5) is 20.5. The van der Waals surface area contributed by atoms with Crippen LogP contribution >= 0.6 is 0 Å². The predicted molar refractivity (Wildman–Crippen MR) is 81.5 cm³/mol. The Kier molecular flexibility index (Phi) is 3.81. The van der Waals surface area contributed by atoms with E-state index in [4.69, 9.17) is 5.11 Å². The lowest BCUT2D eigenvalue weighted by Crippen LogP contribution is -2.38. The van der Waals surface area contributed by atoms with Crippen LogP contribution in [0.4, 0.5) is 5.82 Å². The molecule has 0 saturated heterocycles. The zero-order chi connectivity index (χ0) is 15.7. The number of fused-ring (bicyclic) bond motifs is 1. The summed E-state index contributed by atoms with van der Waals surface area (Å²) < 4.78 is 1.85. The Bertz CT molecular complexity index is 678. The van der Waals surface area contributed by atoms with Gasteiger partial charge in [-0.05, 0) is 18.2 Å². The summed E-state index contributed by atoms with van der Waals surface area (Å²) in [5.74, 6) is 0.789. The van der Waals surface area contributed by atoms with Gasteiger partial charge >= 0.3 is 0 Å². The van der Waals surface area contributed by atoms with Crippen LogP contribution in [0, 0.1) is 0 Å². The van der Waals surface area contributed by atoms with E-state index < -0.39 is 0 Å². The van der Waals surface area contributed by atoms with E-state index in [1.807, 2.05) is 35.8 Å². The number of carbonyl (C=O) groups excluding carboxylic acids is 1. The van der Waals surface area contributed by atoms with Crippen LogP contribution < -0.4 is 4.90 Å². The van der Waals surface area contributed by atoms with E-state index in [1.54, 1.807) is 17.2 Å². The molecule has 3 heterocycles. The van der Waals surface area contributed by atoms with Gasteiger partial charge in [-0.25, -0.2) is 4.98 Å². The smallest absolute Gasteiger partial charge is 0.255 e. The van der Waals surface area contributed by atoms with Gasteiger partial charge in [0.15, 0.2) is 0 Å². The Balaban J connectivity index is 1.75. The fraction of sp³-hybridized carbons (Fsp3) is 0.400. The number of hydrogen-bond acceptors (Lipinski definition) is 5. The number of pyridine rings is 1. The summed E-state index contributed by atoms with van der Waals surface area (Å²) >= 11 is 0. The summed E-state index contributed by atoms with van der Waals surface area (Å²) in [7, 11) is 3.82. The molecule has 0 atom stereocenters. The maximum absolute atomic E-state index is 12.6. The van der Waals surface area contributed by atoms with Crippen molar-refractivity contribution >= 4 is 11.7 Å². The largest absolute Gasteiger partial charge is 0.390 e. The summed E-state index contributed by atoms with van der Waals surface area (Å²) in [5, 5.41) is 13.4. The van der Waals surface area contributed by atoms with E-state index >= 15 is 0 Å². The van der Waals surface area contributed by atoms with Crippen LogP contribution in [-0.4, -0.2) is 51.3 Å². The number of anilines is 1. The molecule has 1 aliphatic rings. The van der Waals surface area contributed by atoms with E-state index in [2.05, 4.69) is 10.1 Å². The molecule has 0 saturated carbocycles. The Morgan fingerprint density at radius 3 is 2.82 bits per heavy atom. The van der Waals surface area contributed by atoms with E-state index in [-0.39, 0.29) is 12.5 Å². The molecule has 0 radical (unpaired) electrons. The predicted octanol–water partition coefficient (Wildman–Crippen LogP) is 0.492. The first kappa shape index (κ1) is 14.5. The maximum atomic E-state index is 12.6. The van der Waals surface area contributed by atoms with Gasteiger partial charge in [-0.2, -0.15) is 5.10 Å². The zero-order valence-electron chi connectivity index (χ0n) is 12.7. The molecule has 2 aromatic heterocycles. The lowest BCUT2D eigenvalue weighted by Gasteiger charge is -2.27. The van der Waals surface area contributed by atoms with E-state index in [9.17, 15) is 4.79 Å². The van der Waals surface area contributed by atoms with Crippen LogP contribution in [0.5, 0.6) is 0 Å². The second kappa shape index (κ2) is 5.76. The van der Waals surface area contributed by atoms with Crippen LogP contribution in [-0.2, 0) is 19.7 Å². The highest BCUT2D eigenvalue weighted by Gasteiger charge is 2.23. The molecule has 2 aromatic rings. The number of rotatable bonds is 3. The van der Waals surface area contributed by atoms with E-state index in [0.29, 0.717) is 30.9 Å². The Labute approximate surface area is 128 Å². The van der Waals surface area contributed by atoms with Gasteiger partial charge in [-0.1, -0.05) is 0 Å². The van der Waals surface area contributed by atoms with Crippen molar-refractivity contribution in [3.05, 3.63) is 41.3 Å². The van der Waals surface area contributed by atoms with Crippen molar-refractivity contribution in [1.29, 1.82) is 0 Å². The number of carbonyl (C=O) groups is 1. The summed E-state index contributed by atoms with van der Waals surface area (Å²) in [5.41, 5.74) is 2.17. The van der Waals surface area contributed by atoms with Crippen LogP contribution in [0.1, 0.15) is 21.7 Å². The SMILES string of the molecule is CN(C)c1ccc(C(=O)N2CCn3nc(CO)cc3C2)cn1. The quantitative estimate of drug-likeness (QED) is 0.893. The van der Waals surface area contributed by atoms with Crippen molar-refractivity contribution in [3.8, 4) is 0 Å². The number of aliphatic hydroxyl groups is 1. The van der Waals surface area contributed by atoms with Crippen LogP contribution in [0.15, 0.2) is 24.4 Å². The molecule has 0 aromatic carbocycles. The minimum atomic E-state index is -0.0795. The monoisotopic (exact) mass is 301 g/mol. The summed E-state index contributed by atoms with van der Waals surface area (Å²) in [6.07, 6.45) is 1.61. The topological polar surface area (TPSA) is 74.5 Å². The molecule has 1 aliphatic heterocycles. The van der Waals surface area contributed by atoms with Gasteiger partial charge in [-0.3, -0.25) is 9.48 Å². The molecule has 22 heavy (non-hydrogen) atoms. The maximum Gasteiger partial charge on any atom is 0.255 e. The van der Waals surface area contributed by atoms with E-state index in [1.165, 1.54) is 0 Å². The third kappa shape index (κ3) is 2.67. The lowest BCUT2D eigenvalue weighted by molar-refractivity contribution is 0.0705. The fourth-order valence-electron chi connectivity index (χ4n) is 2.54. The average molecular weight is 301 g/mol. The highest BCUT2D eigenvalue weighted by atomic mass is 16.3. The second-order valence-corrected chi connectivity index (χ2v) is 5.53. The van der Waals surface area contributed by atoms with Gasteiger partial charge < -0.3 is 14.9 Å². The van der Waals surface area contributed by atoms with Gasteiger partial charge in [0.1, 0.15) is 5.82 Å². The van der Waals surface area contributed by atoms with Gasteiger partial charge in [0.2, 0.25) is 0 Å². The first-order chi connectivity index (χ1) is 10.6. The van der Waals surface area contributed by atoms with Gasteiger partial charge in [0, 0.05) is 26.8 Å². The molecule has 1 N–H and O–H groups in total. The molecule has 0 aliphatic carbocycles. The van der Waals surface area contributed by atoms with Crippen molar-refractivity contribution in [1.82, 2.24) is 19.7 Å². The van der Waals surface area contributed by atoms with Gasteiger partial charge in [0.25, 0.3) is 5.91 Å². The molecule has 7 nitrogen and oxygen atoms in total. The van der Waals surface area contributed by atoms with Crippen molar-refractivity contribution < 1.29 is 9.90 Å². The molecule has 0 fully saturated rings. The average Bonchev–Trinajstić information content (AvgIpc) is 2.96. The highest BCUT2D eigenvalue weighted by molar-refractivity contribution is 5.94. The third-order valence-electron chi connectivity index (χ3n) is 3.75. The van der Waals surface area contributed by atoms with Crippen LogP contribution in [0.25, 0.3) is 0 Å².